The predicted octanol–water partition coefficient (Wildman–Crippen LogP) is 6.94. The molecule has 3 aromatic carbocycles. The molecule has 3 aromatic rings. The standard InChI is InChI=1S/C10H11ClO3.C10H13ClO.C9H10O3.C2H4BrCl.CO2/c11-4-5-14-9-3-1-2-8(6-9)7-10(12)13;1-2-9-4-3-5-10(8-9)12-7-6-11;1-12-9(11)6-7-3-2-4-8(10)5-7;3-1-2-4;2-1-3/h1-3,6H,4-5,7H2,(H,12,13);3-5,8H,2,6-7H2,1H3;2-5,10H,6H2,1H3;1-2H2;. The molecule has 0 aliphatic carbocycles. The molecule has 0 saturated carbocycles. The zero-order valence-corrected chi connectivity index (χ0v) is 28.9. The number of carbonyl (C=O) groups is 2. The van der Waals surface area contributed by atoms with Crippen molar-refractivity contribution in [3.05, 3.63) is 89.5 Å². The van der Waals surface area contributed by atoms with Gasteiger partial charge in [0.1, 0.15) is 30.5 Å². The van der Waals surface area contributed by atoms with Crippen molar-refractivity contribution in [3.8, 4) is 17.2 Å². The van der Waals surface area contributed by atoms with E-state index in [-0.39, 0.29) is 30.7 Å². The van der Waals surface area contributed by atoms with Crippen molar-refractivity contribution in [2.45, 2.75) is 26.2 Å². The van der Waals surface area contributed by atoms with E-state index < -0.39 is 5.97 Å². The number of aromatic hydroxyl groups is 1. The number of hydrogen-bond acceptors (Lipinski definition) is 8. The van der Waals surface area contributed by atoms with Crippen LogP contribution in [0, 0.1) is 0 Å². The van der Waals surface area contributed by atoms with Crippen molar-refractivity contribution in [1.29, 1.82) is 0 Å². The first-order valence-electron chi connectivity index (χ1n) is 13.4. The number of ether oxygens (including phenoxy) is 3. The lowest BCUT2D eigenvalue weighted by atomic mass is 10.1. The molecule has 2 N–H and O–H groups in total. The minimum atomic E-state index is -0.848. The fraction of sp³-hybridized carbons (Fsp3) is 0.344. The van der Waals surface area contributed by atoms with Crippen LogP contribution in [0.5, 0.6) is 17.2 Å². The molecule has 13 heteroatoms. The van der Waals surface area contributed by atoms with E-state index in [1.807, 2.05) is 18.2 Å². The Morgan fingerprint density at radius 2 is 1.22 bits per heavy atom. The molecule has 0 unspecified atom stereocenters. The Hall–Kier alpha value is -3.27. The Kier molecular flexibility index (Phi) is 30.0. The second-order valence-corrected chi connectivity index (χ2v) is 10.1. The molecule has 248 valence electrons. The maximum atomic E-state index is 10.8. The highest BCUT2D eigenvalue weighted by molar-refractivity contribution is 9.09. The normalized spacial score (nSPS) is 9.02. The number of aliphatic carboxylic acids is 1. The summed E-state index contributed by atoms with van der Waals surface area (Å²) in [5.74, 6) is 2.25. The van der Waals surface area contributed by atoms with Gasteiger partial charge in [0.15, 0.2) is 0 Å². The number of phenolic OH excluding ortho intramolecular Hbond substituents is 1. The van der Waals surface area contributed by atoms with Crippen molar-refractivity contribution in [3.63, 3.8) is 0 Å². The van der Waals surface area contributed by atoms with Gasteiger partial charge < -0.3 is 24.4 Å². The van der Waals surface area contributed by atoms with E-state index in [4.69, 9.17) is 64.1 Å². The topological polar surface area (TPSA) is 136 Å². The summed E-state index contributed by atoms with van der Waals surface area (Å²) in [4.78, 5) is 37.5. The second kappa shape index (κ2) is 30.7. The van der Waals surface area contributed by atoms with Crippen molar-refractivity contribution in [2.24, 2.45) is 0 Å². The summed E-state index contributed by atoms with van der Waals surface area (Å²) in [5, 5.41) is 18.5. The minimum absolute atomic E-state index is 0.0120. The average molecular weight is 753 g/mol. The van der Waals surface area contributed by atoms with Crippen LogP contribution in [-0.2, 0) is 43.2 Å². The van der Waals surface area contributed by atoms with E-state index in [1.165, 1.54) is 18.7 Å². The van der Waals surface area contributed by atoms with E-state index in [0.29, 0.717) is 36.6 Å². The molecule has 45 heavy (non-hydrogen) atoms. The summed E-state index contributed by atoms with van der Waals surface area (Å²) < 4.78 is 15.1. The number of carboxylic acid groups (broad SMARTS) is 1. The number of esters is 1. The van der Waals surface area contributed by atoms with E-state index in [9.17, 15) is 9.59 Å². The lowest BCUT2D eigenvalue weighted by Crippen LogP contribution is -2.03. The van der Waals surface area contributed by atoms with Crippen LogP contribution in [0.25, 0.3) is 0 Å². The minimum Gasteiger partial charge on any atom is -0.508 e. The van der Waals surface area contributed by atoms with Crippen LogP contribution in [0.2, 0.25) is 0 Å². The van der Waals surface area contributed by atoms with Crippen LogP contribution in [0.1, 0.15) is 23.6 Å². The van der Waals surface area contributed by atoms with Crippen LogP contribution in [0.15, 0.2) is 72.8 Å². The summed E-state index contributed by atoms with van der Waals surface area (Å²) in [5.41, 5.74) is 2.77. The smallest absolute Gasteiger partial charge is 0.373 e. The van der Waals surface area contributed by atoms with Gasteiger partial charge in [-0.2, -0.15) is 9.59 Å². The molecule has 0 radical (unpaired) electrons. The van der Waals surface area contributed by atoms with Gasteiger partial charge in [0.2, 0.25) is 0 Å². The number of alkyl halides is 4. The molecule has 0 fully saturated rings. The Labute approximate surface area is 287 Å². The molecular weight excluding hydrogens is 715 g/mol. The lowest BCUT2D eigenvalue weighted by Gasteiger charge is -2.04. The lowest BCUT2D eigenvalue weighted by molar-refractivity contribution is -0.191. The van der Waals surface area contributed by atoms with E-state index in [0.717, 1.165) is 28.6 Å². The number of hydrogen-bond donors (Lipinski definition) is 2. The van der Waals surface area contributed by atoms with Crippen LogP contribution in [0.3, 0.4) is 0 Å². The van der Waals surface area contributed by atoms with Gasteiger partial charge in [0.05, 0.1) is 31.7 Å². The van der Waals surface area contributed by atoms with Crippen LogP contribution < -0.4 is 9.47 Å². The van der Waals surface area contributed by atoms with Crippen LogP contribution in [-0.4, -0.2) is 71.6 Å². The third kappa shape index (κ3) is 26.8. The molecule has 0 saturated heterocycles. The van der Waals surface area contributed by atoms with Crippen LogP contribution >= 0.6 is 50.7 Å². The SMILES string of the molecule is CCc1cccc(OCCCl)c1.COC(=O)Cc1cccc(O)c1.ClCCBr.O=C(O)Cc1cccc(OCCCl)c1.O=C=O. The van der Waals surface area contributed by atoms with Crippen molar-refractivity contribution in [2.75, 3.05) is 43.3 Å². The Bertz CT molecular complexity index is 1240. The van der Waals surface area contributed by atoms with E-state index >= 15 is 0 Å². The third-order valence-corrected chi connectivity index (χ3v) is 6.16. The molecule has 0 heterocycles. The summed E-state index contributed by atoms with van der Waals surface area (Å²) in [6, 6.07) is 21.6. The summed E-state index contributed by atoms with van der Waals surface area (Å²) >= 11 is 19.2. The monoisotopic (exact) mass is 750 g/mol. The Morgan fingerprint density at radius 3 is 1.62 bits per heavy atom. The molecule has 3 rings (SSSR count). The largest absolute Gasteiger partial charge is 0.508 e. The maximum Gasteiger partial charge on any atom is 0.373 e. The number of phenols is 1. The first-order valence-corrected chi connectivity index (χ1v) is 16.1. The second-order valence-electron chi connectivity index (χ2n) is 8.18. The Balaban J connectivity index is 0. The van der Waals surface area contributed by atoms with E-state index in [1.54, 1.807) is 42.5 Å². The van der Waals surface area contributed by atoms with E-state index in [2.05, 4.69) is 33.7 Å². The fourth-order valence-corrected chi connectivity index (χ4v) is 3.15. The van der Waals surface area contributed by atoms with Gasteiger partial charge >= 0.3 is 18.1 Å². The zero-order valence-electron chi connectivity index (χ0n) is 25.1. The number of carbonyl (C=O) groups excluding carboxylic acids is 3. The fourth-order valence-electron chi connectivity index (χ4n) is 2.99. The highest BCUT2D eigenvalue weighted by Gasteiger charge is 2.03. The first-order chi connectivity index (χ1) is 21.6. The predicted molar refractivity (Wildman–Crippen MR) is 179 cm³/mol. The van der Waals surface area contributed by atoms with Gasteiger partial charge in [-0.25, -0.2) is 0 Å². The van der Waals surface area contributed by atoms with Gasteiger partial charge in [-0.1, -0.05) is 59.3 Å². The number of aryl methyl sites for hydroxylation is 1. The zero-order chi connectivity index (χ0) is 34.3. The highest BCUT2D eigenvalue weighted by atomic mass is 79.9. The number of methoxy groups -OCH3 is 1. The summed E-state index contributed by atoms with van der Waals surface area (Å²) in [6.45, 7) is 3.13. The van der Waals surface area contributed by atoms with Crippen LogP contribution in [0.4, 0.5) is 0 Å². The van der Waals surface area contributed by atoms with Gasteiger partial charge in [-0.15, -0.1) is 34.8 Å². The highest BCUT2D eigenvalue weighted by Crippen LogP contribution is 2.15. The molecule has 0 amide bonds. The quantitative estimate of drug-likeness (QED) is 0.149. The summed E-state index contributed by atoms with van der Waals surface area (Å²) in [6.07, 6.45) is 1.50. The maximum absolute atomic E-state index is 10.8. The van der Waals surface area contributed by atoms with Gasteiger partial charge in [-0.05, 0) is 59.5 Å². The molecule has 0 atom stereocenters. The van der Waals surface area contributed by atoms with Crippen molar-refractivity contribution < 1.29 is 43.6 Å². The number of rotatable bonds is 12. The first kappa shape index (κ1) is 43.9. The third-order valence-electron chi connectivity index (χ3n) is 4.81. The van der Waals surface area contributed by atoms with Gasteiger partial charge in [0.25, 0.3) is 0 Å². The summed E-state index contributed by atoms with van der Waals surface area (Å²) in [7, 11) is 1.34. The molecule has 0 aliphatic rings. The number of halogens is 4. The van der Waals surface area contributed by atoms with Gasteiger partial charge in [-0.3, -0.25) is 9.59 Å². The number of benzene rings is 3. The average Bonchev–Trinajstić information content (AvgIpc) is 3.04. The van der Waals surface area contributed by atoms with Crippen molar-refractivity contribution in [1.82, 2.24) is 0 Å². The number of carboxylic acids is 1. The molecule has 9 nitrogen and oxygen atoms in total. The molecule has 0 aromatic heterocycles. The molecule has 0 bridgehead atoms. The van der Waals surface area contributed by atoms with Crippen molar-refractivity contribution >= 4 is 68.8 Å². The molecular formula is C32H38BrCl3O9. The molecule has 0 spiro atoms. The molecule has 0 aliphatic heterocycles. The Morgan fingerprint density at radius 1 is 0.778 bits per heavy atom. The van der Waals surface area contributed by atoms with Gasteiger partial charge in [0, 0.05) is 11.2 Å².